The molecule has 0 aliphatic heterocycles. The van der Waals surface area contributed by atoms with Gasteiger partial charge in [0.2, 0.25) is 0 Å². The lowest BCUT2D eigenvalue weighted by Crippen LogP contribution is -1.86. The topological polar surface area (TPSA) is 43.1 Å². The van der Waals surface area contributed by atoms with E-state index in [1.165, 1.54) is 5.57 Å². The Morgan fingerprint density at radius 1 is 1.43 bits per heavy atom. The maximum atomic E-state index is 10.4. The molecule has 0 bridgehead atoms. The fourth-order valence-corrected chi connectivity index (χ4v) is 1.40. The molecular formula is C11H11NO2. The van der Waals surface area contributed by atoms with E-state index in [0.717, 1.165) is 12.0 Å². The predicted molar refractivity (Wildman–Crippen MR) is 54.9 cm³/mol. The summed E-state index contributed by atoms with van der Waals surface area (Å²) >= 11 is 0. The Bertz CT molecular complexity index is 392. The van der Waals surface area contributed by atoms with E-state index >= 15 is 0 Å². The van der Waals surface area contributed by atoms with Crippen LogP contribution >= 0.6 is 0 Å². The van der Waals surface area contributed by atoms with Gasteiger partial charge in [0, 0.05) is 12.1 Å². The summed E-state index contributed by atoms with van der Waals surface area (Å²) < 4.78 is 0. The second kappa shape index (κ2) is 3.25. The number of allylic oxidation sites excluding steroid dienone is 1. The highest BCUT2D eigenvalue weighted by Gasteiger charge is 2.23. The summed E-state index contributed by atoms with van der Waals surface area (Å²) in [6.45, 7) is 2.18. The highest BCUT2D eigenvalue weighted by atomic mass is 16.6. The van der Waals surface area contributed by atoms with Crippen molar-refractivity contribution in [2.45, 2.75) is 13.3 Å². The number of hydrogen-bond acceptors (Lipinski definition) is 2. The highest BCUT2D eigenvalue weighted by Crippen LogP contribution is 2.38. The number of benzene rings is 1. The average molecular weight is 189 g/mol. The van der Waals surface area contributed by atoms with E-state index in [4.69, 9.17) is 0 Å². The summed E-state index contributed by atoms with van der Waals surface area (Å²) in [7, 11) is 0. The Hall–Kier alpha value is -1.64. The summed E-state index contributed by atoms with van der Waals surface area (Å²) in [5.74, 6) is 0.699. The normalized spacial score (nSPS) is 22.4. The molecule has 1 aromatic rings. The molecule has 1 aromatic carbocycles. The Kier molecular flexibility index (Phi) is 2.08. The number of rotatable bonds is 2. The molecule has 1 unspecified atom stereocenters. The first-order valence-corrected chi connectivity index (χ1v) is 4.62. The van der Waals surface area contributed by atoms with Crippen molar-refractivity contribution in [3.63, 3.8) is 0 Å². The standard InChI is InChI=1S/C11H11NO2/c1-8-6-10(8)7-9-2-4-11(5-3-9)12(13)14/h2-5,7-8H,6H2,1H3/b10-7-. The fourth-order valence-electron chi connectivity index (χ4n) is 1.40. The summed E-state index contributed by atoms with van der Waals surface area (Å²) in [4.78, 5) is 10.0. The molecule has 0 aromatic heterocycles. The van der Waals surface area contributed by atoms with Crippen LogP contribution in [0.5, 0.6) is 0 Å². The van der Waals surface area contributed by atoms with Crippen molar-refractivity contribution in [1.29, 1.82) is 0 Å². The molecular weight excluding hydrogens is 178 g/mol. The quantitative estimate of drug-likeness (QED) is 0.530. The second-order valence-electron chi connectivity index (χ2n) is 3.67. The molecule has 1 atom stereocenters. The Morgan fingerprint density at radius 2 is 2.00 bits per heavy atom. The molecule has 1 saturated carbocycles. The predicted octanol–water partition coefficient (Wildman–Crippen LogP) is 3.02. The van der Waals surface area contributed by atoms with Crippen LogP contribution in [-0.4, -0.2) is 4.92 Å². The first-order valence-electron chi connectivity index (χ1n) is 4.62. The van der Waals surface area contributed by atoms with Crippen molar-refractivity contribution in [3.8, 4) is 0 Å². The molecule has 0 saturated heterocycles. The molecule has 72 valence electrons. The third kappa shape index (κ3) is 1.82. The Balaban J connectivity index is 2.18. The van der Waals surface area contributed by atoms with Crippen molar-refractivity contribution in [1.82, 2.24) is 0 Å². The zero-order chi connectivity index (χ0) is 10.1. The summed E-state index contributed by atoms with van der Waals surface area (Å²) in [5.41, 5.74) is 2.63. The third-order valence-corrected chi connectivity index (χ3v) is 2.47. The summed E-state index contributed by atoms with van der Waals surface area (Å²) in [5, 5.41) is 10.4. The number of non-ortho nitro benzene ring substituents is 1. The van der Waals surface area contributed by atoms with Gasteiger partial charge in [-0.3, -0.25) is 10.1 Å². The molecule has 14 heavy (non-hydrogen) atoms. The third-order valence-electron chi connectivity index (χ3n) is 2.47. The van der Waals surface area contributed by atoms with E-state index in [1.54, 1.807) is 24.3 Å². The second-order valence-corrected chi connectivity index (χ2v) is 3.67. The molecule has 1 aliphatic rings. The number of nitro benzene ring substituents is 1. The fraction of sp³-hybridized carbons (Fsp3) is 0.273. The van der Waals surface area contributed by atoms with Gasteiger partial charge in [0.1, 0.15) is 0 Å². The van der Waals surface area contributed by atoms with Crippen LogP contribution in [0, 0.1) is 16.0 Å². The molecule has 0 amide bonds. The molecule has 0 heterocycles. The van der Waals surface area contributed by atoms with Crippen LogP contribution in [-0.2, 0) is 0 Å². The minimum absolute atomic E-state index is 0.149. The van der Waals surface area contributed by atoms with Gasteiger partial charge in [0.15, 0.2) is 0 Å². The molecule has 0 N–H and O–H groups in total. The van der Waals surface area contributed by atoms with Gasteiger partial charge >= 0.3 is 0 Å². The minimum Gasteiger partial charge on any atom is -0.258 e. The molecule has 3 nitrogen and oxygen atoms in total. The SMILES string of the molecule is CC1C/C1=C/c1ccc([N+](=O)[O-])cc1. The maximum Gasteiger partial charge on any atom is 0.269 e. The number of hydrogen-bond donors (Lipinski definition) is 0. The van der Waals surface area contributed by atoms with E-state index < -0.39 is 0 Å². The maximum absolute atomic E-state index is 10.4. The van der Waals surface area contributed by atoms with Crippen molar-refractivity contribution < 1.29 is 4.92 Å². The summed E-state index contributed by atoms with van der Waals surface area (Å²) in [6.07, 6.45) is 3.27. The zero-order valence-electron chi connectivity index (χ0n) is 7.93. The summed E-state index contributed by atoms with van der Waals surface area (Å²) in [6, 6.07) is 6.66. The highest BCUT2D eigenvalue weighted by molar-refractivity contribution is 5.58. The van der Waals surface area contributed by atoms with Crippen LogP contribution < -0.4 is 0 Å². The van der Waals surface area contributed by atoms with Gasteiger partial charge in [-0.25, -0.2) is 0 Å². The molecule has 1 aliphatic carbocycles. The average Bonchev–Trinajstić information content (AvgIpc) is 2.82. The van der Waals surface area contributed by atoms with Gasteiger partial charge in [-0.2, -0.15) is 0 Å². The van der Waals surface area contributed by atoms with Gasteiger partial charge in [-0.1, -0.05) is 18.6 Å². The minimum atomic E-state index is -0.378. The van der Waals surface area contributed by atoms with Crippen LogP contribution in [0.1, 0.15) is 18.9 Å². The van der Waals surface area contributed by atoms with Gasteiger partial charge in [0.05, 0.1) is 4.92 Å². The molecule has 1 fully saturated rings. The van der Waals surface area contributed by atoms with Crippen molar-refractivity contribution in [2.75, 3.05) is 0 Å². The van der Waals surface area contributed by atoms with E-state index in [2.05, 4.69) is 13.0 Å². The lowest BCUT2D eigenvalue weighted by atomic mass is 10.2. The van der Waals surface area contributed by atoms with Crippen LogP contribution in [0.2, 0.25) is 0 Å². The number of nitro groups is 1. The monoisotopic (exact) mass is 189 g/mol. The van der Waals surface area contributed by atoms with Gasteiger partial charge in [-0.15, -0.1) is 0 Å². The largest absolute Gasteiger partial charge is 0.269 e. The Labute approximate surface area is 82.2 Å². The van der Waals surface area contributed by atoms with E-state index in [0.29, 0.717) is 5.92 Å². The van der Waals surface area contributed by atoms with Crippen LogP contribution in [0.4, 0.5) is 5.69 Å². The molecule has 0 radical (unpaired) electrons. The van der Waals surface area contributed by atoms with Gasteiger partial charge < -0.3 is 0 Å². The molecule has 3 heteroatoms. The lowest BCUT2D eigenvalue weighted by Gasteiger charge is -1.92. The zero-order valence-corrected chi connectivity index (χ0v) is 7.93. The smallest absolute Gasteiger partial charge is 0.258 e. The molecule has 0 spiro atoms. The van der Waals surface area contributed by atoms with Crippen molar-refractivity contribution in [3.05, 3.63) is 45.5 Å². The van der Waals surface area contributed by atoms with Gasteiger partial charge in [0.25, 0.3) is 5.69 Å². The van der Waals surface area contributed by atoms with E-state index in [9.17, 15) is 10.1 Å². The van der Waals surface area contributed by atoms with Crippen LogP contribution in [0.25, 0.3) is 6.08 Å². The van der Waals surface area contributed by atoms with Crippen LogP contribution in [0.3, 0.4) is 0 Å². The first kappa shape index (κ1) is 8.94. The van der Waals surface area contributed by atoms with Crippen molar-refractivity contribution >= 4 is 11.8 Å². The first-order chi connectivity index (χ1) is 6.66. The lowest BCUT2D eigenvalue weighted by molar-refractivity contribution is -0.384. The van der Waals surface area contributed by atoms with Gasteiger partial charge in [-0.05, 0) is 30.0 Å². The molecule has 2 rings (SSSR count). The Morgan fingerprint density at radius 3 is 2.43 bits per heavy atom. The van der Waals surface area contributed by atoms with E-state index in [1.807, 2.05) is 0 Å². The van der Waals surface area contributed by atoms with Crippen molar-refractivity contribution in [2.24, 2.45) is 5.92 Å². The number of nitrogens with zero attached hydrogens (tertiary/aromatic N) is 1. The van der Waals surface area contributed by atoms with E-state index in [-0.39, 0.29) is 10.6 Å². The van der Waals surface area contributed by atoms with Crippen LogP contribution in [0.15, 0.2) is 29.8 Å².